The van der Waals surface area contributed by atoms with Gasteiger partial charge < -0.3 is 4.74 Å². The molecule has 2 heteroatoms. The van der Waals surface area contributed by atoms with E-state index in [4.69, 9.17) is 4.74 Å². The van der Waals surface area contributed by atoms with Crippen LogP contribution in [-0.4, -0.2) is 13.1 Å². The molecule has 74 valence electrons. The zero-order valence-electron chi connectivity index (χ0n) is 8.51. The highest BCUT2D eigenvalue weighted by Gasteiger charge is 2.55. The Morgan fingerprint density at radius 2 is 2.00 bits per heavy atom. The van der Waals surface area contributed by atoms with Crippen LogP contribution in [0.1, 0.15) is 39.0 Å². The van der Waals surface area contributed by atoms with Gasteiger partial charge in [0.05, 0.1) is 12.5 Å². The monoisotopic (exact) mass is 182 g/mol. The molecule has 0 aromatic carbocycles. The number of hydrogen-bond acceptors (Lipinski definition) is 2. The fourth-order valence-electron chi connectivity index (χ4n) is 3.01. The summed E-state index contributed by atoms with van der Waals surface area (Å²) in [6, 6.07) is 0. The molecule has 0 aromatic heterocycles. The predicted molar refractivity (Wildman–Crippen MR) is 50.2 cm³/mol. The van der Waals surface area contributed by atoms with Crippen molar-refractivity contribution < 1.29 is 9.53 Å². The van der Waals surface area contributed by atoms with E-state index in [0.717, 1.165) is 18.8 Å². The fraction of sp³-hybridized carbons (Fsp3) is 0.909. The summed E-state index contributed by atoms with van der Waals surface area (Å²) in [5, 5.41) is 0. The SMILES string of the molecule is COC(=O)C1(C2CCC2)CC(C)C1. The quantitative estimate of drug-likeness (QED) is 0.613. The normalized spacial score (nSPS) is 39.1. The fourth-order valence-corrected chi connectivity index (χ4v) is 3.01. The topological polar surface area (TPSA) is 26.3 Å². The molecule has 2 fully saturated rings. The van der Waals surface area contributed by atoms with Gasteiger partial charge in [0.25, 0.3) is 0 Å². The number of ether oxygens (including phenoxy) is 1. The van der Waals surface area contributed by atoms with Gasteiger partial charge in [-0.05, 0) is 37.5 Å². The summed E-state index contributed by atoms with van der Waals surface area (Å²) < 4.78 is 4.92. The average Bonchev–Trinajstić information content (AvgIpc) is 1.96. The maximum Gasteiger partial charge on any atom is 0.312 e. The Kier molecular flexibility index (Phi) is 2.09. The first-order chi connectivity index (χ1) is 6.19. The van der Waals surface area contributed by atoms with Crippen molar-refractivity contribution >= 4 is 5.97 Å². The molecule has 0 atom stereocenters. The second kappa shape index (κ2) is 3.00. The van der Waals surface area contributed by atoms with Crippen LogP contribution in [-0.2, 0) is 9.53 Å². The first kappa shape index (κ1) is 9.04. The standard InChI is InChI=1S/C11H18O2/c1-8-6-11(7-8,10(12)13-2)9-4-3-5-9/h8-9H,3-7H2,1-2H3. The number of hydrogen-bond donors (Lipinski definition) is 0. The van der Waals surface area contributed by atoms with Crippen molar-refractivity contribution in [2.45, 2.75) is 39.0 Å². The van der Waals surface area contributed by atoms with E-state index in [1.807, 2.05) is 0 Å². The summed E-state index contributed by atoms with van der Waals surface area (Å²) in [5.74, 6) is 1.41. The molecule has 2 aliphatic rings. The van der Waals surface area contributed by atoms with Crippen molar-refractivity contribution in [1.82, 2.24) is 0 Å². The van der Waals surface area contributed by atoms with Gasteiger partial charge in [0.1, 0.15) is 0 Å². The number of carbonyl (C=O) groups is 1. The largest absolute Gasteiger partial charge is 0.469 e. The summed E-state index contributed by atoms with van der Waals surface area (Å²) in [6.07, 6.45) is 5.90. The first-order valence-electron chi connectivity index (χ1n) is 5.27. The minimum Gasteiger partial charge on any atom is -0.469 e. The minimum atomic E-state index is -0.0631. The van der Waals surface area contributed by atoms with Crippen LogP contribution in [0.2, 0.25) is 0 Å². The molecule has 0 heterocycles. The molecule has 0 aliphatic heterocycles. The van der Waals surface area contributed by atoms with E-state index in [0.29, 0.717) is 5.92 Å². The zero-order chi connectivity index (χ0) is 9.47. The van der Waals surface area contributed by atoms with E-state index in [9.17, 15) is 4.79 Å². The van der Waals surface area contributed by atoms with Gasteiger partial charge in [-0.3, -0.25) is 4.79 Å². The number of carbonyl (C=O) groups excluding carboxylic acids is 1. The lowest BCUT2D eigenvalue weighted by atomic mass is 9.52. The summed E-state index contributed by atoms with van der Waals surface area (Å²) in [5.41, 5.74) is -0.0631. The maximum atomic E-state index is 11.7. The van der Waals surface area contributed by atoms with Crippen molar-refractivity contribution in [2.24, 2.45) is 17.3 Å². The van der Waals surface area contributed by atoms with Crippen molar-refractivity contribution in [3.05, 3.63) is 0 Å². The molecular formula is C11H18O2. The lowest BCUT2D eigenvalue weighted by Crippen LogP contribution is -2.51. The first-order valence-corrected chi connectivity index (χ1v) is 5.27. The van der Waals surface area contributed by atoms with Crippen molar-refractivity contribution in [2.75, 3.05) is 7.11 Å². The third-order valence-corrected chi connectivity index (χ3v) is 3.90. The number of rotatable bonds is 2. The molecule has 0 saturated heterocycles. The van der Waals surface area contributed by atoms with E-state index in [2.05, 4.69) is 6.92 Å². The Hall–Kier alpha value is -0.530. The van der Waals surface area contributed by atoms with Crippen molar-refractivity contribution in [1.29, 1.82) is 0 Å². The van der Waals surface area contributed by atoms with Gasteiger partial charge in [-0.25, -0.2) is 0 Å². The summed E-state index contributed by atoms with van der Waals surface area (Å²) in [4.78, 5) is 11.7. The molecule has 0 aromatic rings. The number of methoxy groups -OCH3 is 1. The second-order valence-corrected chi connectivity index (χ2v) is 4.79. The lowest BCUT2D eigenvalue weighted by molar-refractivity contribution is -0.172. The van der Waals surface area contributed by atoms with Gasteiger partial charge in [-0.2, -0.15) is 0 Å². The van der Waals surface area contributed by atoms with Gasteiger partial charge in [0, 0.05) is 0 Å². The summed E-state index contributed by atoms with van der Waals surface area (Å²) >= 11 is 0. The van der Waals surface area contributed by atoms with Crippen LogP contribution in [0.4, 0.5) is 0 Å². The van der Waals surface area contributed by atoms with E-state index in [1.54, 1.807) is 0 Å². The zero-order valence-corrected chi connectivity index (χ0v) is 8.51. The number of esters is 1. The van der Waals surface area contributed by atoms with Crippen LogP contribution in [0.3, 0.4) is 0 Å². The van der Waals surface area contributed by atoms with Crippen LogP contribution in [0, 0.1) is 17.3 Å². The Balaban J connectivity index is 2.07. The Labute approximate surface area is 79.7 Å². The highest BCUT2D eigenvalue weighted by molar-refractivity contribution is 5.78. The Bertz CT molecular complexity index is 212. The van der Waals surface area contributed by atoms with E-state index in [1.165, 1.54) is 26.4 Å². The van der Waals surface area contributed by atoms with Gasteiger partial charge in [-0.1, -0.05) is 13.3 Å². The second-order valence-electron chi connectivity index (χ2n) is 4.79. The third kappa shape index (κ3) is 1.18. The molecule has 2 saturated carbocycles. The third-order valence-electron chi connectivity index (χ3n) is 3.90. The molecule has 2 aliphatic carbocycles. The molecule has 0 amide bonds. The van der Waals surface area contributed by atoms with Crippen LogP contribution in [0.5, 0.6) is 0 Å². The highest BCUT2D eigenvalue weighted by atomic mass is 16.5. The van der Waals surface area contributed by atoms with Crippen LogP contribution in [0.15, 0.2) is 0 Å². The molecule has 0 bridgehead atoms. The highest BCUT2D eigenvalue weighted by Crippen LogP contribution is 2.57. The van der Waals surface area contributed by atoms with Crippen molar-refractivity contribution in [3.63, 3.8) is 0 Å². The minimum absolute atomic E-state index is 0.0512. The smallest absolute Gasteiger partial charge is 0.312 e. The Morgan fingerprint density at radius 1 is 1.38 bits per heavy atom. The van der Waals surface area contributed by atoms with Gasteiger partial charge in [-0.15, -0.1) is 0 Å². The molecule has 0 spiro atoms. The lowest BCUT2D eigenvalue weighted by Gasteiger charge is -2.52. The van der Waals surface area contributed by atoms with E-state index < -0.39 is 0 Å². The summed E-state index contributed by atoms with van der Waals surface area (Å²) in [6.45, 7) is 2.22. The maximum absolute atomic E-state index is 11.7. The van der Waals surface area contributed by atoms with Gasteiger partial charge >= 0.3 is 5.97 Å². The van der Waals surface area contributed by atoms with Gasteiger partial charge in [0.15, 0.2) is 0 Å². The average molecular weight is 182 g/mol. The summed E-state index contributed by atoms with van der Waals surface area (Å²) in [7, 11) is 1.52. The molecule has 0 N–H and O–H groups in total. The molecular weight excluding hydrogens is 164 g/mol. The van der Waals surface area contributed by atoms with Crippen LogP contribution >= 0.6 is 0 Å². The molecule has 0 radical (unpaired) electrons. The predicted octanol–water partition coefficient (Wildman–Crippen LogP) is 2.38. The molecule has 0 unspecified atom stereocenters. The van der Waals surface area contributed by atoms with Crippen molar-refractivity contribution in [3.8, 4) is 0 Å². The molecule has 2 nitrogen and oxygen atoms in total. The van der Waals surface area contributed by atoms with E-state index in [-0.39, 0.29) is 11.4 Å². The van der Waals surface area contributed by atoms with Crippen LogP contribution < -0.4 is 0 Å². The molecule has 13 heavy (non-hydrogen) atoms. The van der Waals surface area contributed by atoms with Gasteiger partial charge in [0.2, 0.25) is 0 Å². The molecule has 2 rings (SSSR count). The van der Waals surface area contributed by atoms with Crippen LogP contribution in [0.25, 0.3) is 0 Å². The Morgan fingerprint density at radius 3 is 2.31 bits per heavy atom. The van der Waals surface area contributed by atoms with E-state index >= 15 is 0 Å².